The summed E-state index contributed by atoms with van der Waals surface area (Å²) in [6, 6.07) is 7.55. The van der Waals surface area contributed by atoms with Crippen LogP contribution in [0.2, 0.25) is 0 Å². The normalized spacial score (nSPS) is 28.4. The molecule has 0 aliphatic carbocycles. The summed E-state index contributed by atoms with van der Waals surface area (Å²) in [5.41, 5.74) is 8.33. The van der Waals surface area contributed by atoms with Crippen molar-refractivity contribution in [2.45, 2.75) is 43.5 Å². The summed E-state index contributed by atoms with van der Waals surface area (Å²) in [4.78, 5) is 4.59. The Morgan fingerprint density at radius 1 is 1.19 bits per heavy atom. The fourth-order valence-electron chi connectivity index (χ4n) is 2.88. The van der Waals surface area contributed by atoms with Crippen LogP contribution in [0.25, 0.3) is 11.3 Å². The van der Waals surface area contributed by atoms with Gasteiger partial charge in [0.05, 0.1) is 23.9 Å². The Kier molecular flexibility index (Phi) is 6.77. The van der Waals surface area contributed by atoms with E-state index in [4.69, 9.17) is 20.3 Å². The van der Waals surface area contributed by atoms with E-state index in [0.717, 1.165) is 16.3 Å². The lowest BCUT2D eigenvalue weighted by atomic mass is 9.99. The minimum absolute atomic E-state index is 0.274. The molecule has 2 aromatic rings. The number of thiazole rings is 1. The molecule has 148 valence electrons. The minimum Gasteiger partial charge on any atom is -0.399 e. The summed E-state index contributed by atoms with van der Waals surface area (Å²) < 4.78 is 10.8. The van der Waals surface area contributed by atoms with E-state index in [1.165, 1.54) is 0 Å². The molecule has 1 saturated heterocycles. The molecule has 5 atom stereocenters. The van der Waals surface area contributed by atoms with Crippen molar-refractivity contribution in [1.82, 2.24) is 4.98 Å². The number of nitrogens with two attached hydrogens (primary N) is 1. The Morgan fingerprint density at radius 2 is 2.00 bits per heavy atom. The molecule has 9 heteroatoms. The highest BCUT2D eigenvalue weighted by Gasteiger charge is 2.43. The van der Waals surface area contributed by atoms with Gasteiger partial charge in [-0.3, -0.25) is 0 Å². The Bertz CT molecular complexity index is 740. The third kappa shape index (κ3) is 4.82. The zero-order valence-electron chi connectivity index (χ0n) is 14.6. The number of hydrogen-bond donors (Lipinski definition) is 5. The van der Waals surface area contributed by atoms with Crippen molar-refractivity contribution >= 4 is 17.0 Å². The summed E-state index contributed by atoms with van der Waals surface area (Å²) in [5.74, 6) is 0. The number of anilines is 1. The number of hydrogen-bond acceptors (Lipinski definition) is 9. The van der Waals surface area contributed by atoms with Crippen LogP contribution in [0, 0.1) is 0 Å². The first-order chi connectivity index (χ1) is 13.0. The fraction of sp³-hybridized carbons (Fsp3) is 0.500. The Balaban J connectivity index is 1.48. The molecule has 0 saturated carbocycles. The Hall–Kier alpha value is -1.59. The summed E-state index contributed by atoms with van der Waals surface area (Å²) in [6.45, 7) is -0.202. The van der Waals surface area contributed by atoms with Gasteiger partial charge in [0.15, 0.2) is 6.29 Å². The molecule has 0 spiro atoms. The van der Waals surface area contributed by atoms with Gasteiger partial charge in [-0.1, -0.05) is 12.1 Å². The largest absolute Gasteiger partial charge is 0.399 e. The van der Waals surface area contributed by atoms with E-state index in [1.54, 1.807) is 11.3 Å². The third-order valence-corrected chi connectivity index (χ3v) is 5.31. The van der Waals surface area contributed by atoms with Gasteiger partial charge in [0.2, 0.25) is 0 Å². The highest BCUT2D eigenvalue weighted by atomic mass is 32.1. The van der Waals surface area contributed by atoms with Crippen LogP contribution in [0.15, 0.2) is 29.6 Å². The molecule has 1 aliphatic rings. The van der Waals surface area contributed by atoms with Gasteiger partial charge in [0.25, 0.3) is 0 Å². The molecule has 0 bridgehead atoms. The molecule has 1 fully saturated rings. The number of aliphatic hydroxyl groups is 4. The standard InChI is InChI=1S/C18H24N2O6S/c19-11-4-1-3-10(7-11)12-9-27-14(20-12)5-2-6-25-18-17(24)16(23)15(22)13(8-21)26-18/h1,3-4,7,9,13,15-18,21-24H,2,5-6,8,19H2. The van der Waals surface area contributed by atoms with Gasteiger partial charge in [-0.05, 0) is 18.6 Å². The molecule has 1 aromatic carbocycles. The molecule has 1 aliphatic heterocycles. The molecular weight excluding hydrogens is 372 g/mol. The van der Waals surface area contributed by atoms with Crippen LogP contribution in [0.3, 0.4) is 0 Å². The van der Waals surface area contributed by atoms with E-state index in [2.05, 4.69) is 4.98 Å². The lowest BCUT2D eigenvalue weighted by Crippen LogP contribution is -2.59. The first-order valence-corrected chi connectivity index (χ1v) is 9.60. The van der Waals surface area contributed by atoms with Crippen molar-refractivity contribution < 1.29 is 29.9 Å². The van der Waals surface area contributed by atoms with Crippen LogP contribution in [-0.2, 0) is 15.9 Å². The first kappa shape index (κ1) is 20.2. The van der Waals surface area contributed by atoms with E-state index >= 15 is 0 Å². The number of rotatable bonds is 7. The highest BCUT2D eigenvalue weighted by molar-refractivity contribution is 7.09. The average molecular weight is 396 g/mol. The maximum atomic E-state index is 9.93. The number of nitrogens with zero attached hydrogens (tertiary/aromatic N) is 1. The van der Waals surface area contributed by atoms with Crippen LogP contribution in [0.5, 0.6) is 0 Å². The van der Waals surface area contributed by atoms with Crippen LogP contribution in [-0.4, -0.2) is 69.3 Å². The predicted octanol–water partition coefficient (Wildman–Crippen LogP) is 0.141. The molecule has 5 unspecified atom stereocenters. The number of aryl methyl sites for hydroxylation is 1. The van der Waals surface area contributed by atoms with E-state index in [0.29, 0.717) is 18.5 Å². The highest BCUT2D eigenvalue weighted by Crippen LogP contribution is 2.25. The molecule has 8 nitrogen and oxygen atoms in total. The second-order valence-electron chi connectivity index (χ2n) is 6.42. The summed E-state index contributed by atoms with van der Waals surface area (Å²) in [6.07, 6.45) is -4.93. The smallest absolute Gasteiger partial charge is 0.186 e. The topological polar surface area (TPSA) is 138 Å². The molecule has 1 aromatic heterocycles. The average Bonchev–Trinajstić information content (AvgIpc) is 3.14. The number of nitrogen functional groups attached to an aromatic ring is 1. The van der Waals surface area contributed by atoms with E-state index in [9.17, 15) is 15.3 Å². The van der Waals surface area contributed by atoms with E-state index < -0.39 is 37.3 Å². The van der Waals surface area contributed by atoms with Crippen LogP contribution in [0.1, 0.15) is 11.4 Å². The maximum Gasteiger partial charge on any atom is 0.186 e. The van der Waals surface area contributed by atoms with Gasteiger partial charge >= 0.3 is 0 Å². The van der Waals surface area contributed by atoms with Crippen LogP contribution < -0.4 is 5.73 Å². The molecule has 27 heavy (non-hydrogen) atoms. The zero-order valence-corrected chi connectivity index (χ0v) is 15.5. The molecule has 6 N–H and O–H groups in total. The van der Waals surface area contributed by atoms with Gasteiger partial charge in [-0.2, -0.15) is 0 Å². The van der Waals surface area contributed by atoms with Crippen molar-refractivity contribution in [1.29, 1.82) is 0 Å². The quantitative estimate of drug-likeness (QED) is 0.329. The zero-order chi connectivity index (χ0) is 19.4. The van der Waals surface area contributed by atoms with Gasteiger partial charge in [0.1, 0.15) is 24.4 Å². The van der Waals surface area contributed by atoms with Gasteiger partial charge in [-0.15, -0.1) is 11.3 Å². The Labute approximate surface area is 160 Å². The predicted molar refractivity (Wildman–Crippen MR) is 100 cm³/mol. The molecule has 0 amide bonds. The lowest BCUT2D eigenvalue weighted by Gasteiger charge is -2.39. The monoisotopic (exact) mass is 396 g/mol. The lowest BCUT2D eigenvalue weighted by molar-refractivity contribution is -0.301. The second kappa shape index (κ2) is 9.07. The fourth-order valence-corrected chi connectivity index (χ4v) is 3.73. The second-order valence-corrected chi connectivity index (χ2v) is 7.37. The van der Waals surface area contributed by atoms with Crippen molar-refractivity contribution in [2.75, 3.05) is 18.9 Å². The van der Waals surface area contributed by atoms with Crippen molar-refractivity contribution in [3.05, 3.63) is 34.7 Å². The third-order valence-electron chi connectivity index (χ3n) is 4.40. The molecule has 2 heterocycles. The van der Waals surface area contributed by atoms with Crippen molar-refractivity contribution in [3.8, 4) is 11.3 Å². The maximum absolute atomic E-state index is 9.93. The summed E-state index contributed by atoms with van der Waals surface area (Å²) >= 11 is 1.55. The molecular formula is C18H24N2O6S. The number of aromatic nitrogens is 1. The SMILES string of the molecule is Nc1cccc(-c2csc(CCCOC3OC(CO)C(O)C(O)C3O)n2)c1. The number of benzene rings is 1. The molecule has 0 radical (unpaired) electrons. The van der Waals surface area contributed by atoms with Crippen LogP contribution in [0.4, 0.5) is 5.69 Å². The van der Waals surface area contributed by atoms with Gasteiger partial charge in [0, 0.05) is 23.1 Å². The van der Waals surface area contributed by atoms with Gasteiger partial charge in [-0.25, -0.2) is 4.98 Å². The molecule has 3 rings (SSSR count). The van der Waals surface area contributed by atoms with E-state index in [1.807, 2.05) is 29.6 Å². The van der Waals surface area contributed by atoms with E-state index in [-0.39, 0.29) is 6.61 Å². The number of ether oxygens (including phenoxy) is 2. The van der Waals surface area contributed by atoms with Crippen molar-refractivity contribution in [2.24, 2.45) is 0 Å². The van der Waals surface area contributed by atoms with Crippen LogP contribution >= 0.6 is 11.3 Å². The minimum atomic E-state index is -1.43. The van der Waals surface area contributed by atoms with Crippen molar-refractivity contribution in [3.63, 3.8) is 0 Å². The Morgan fingerprint density at radius 3 is 2.74 bits per heavy atom. The number of aliphatic hydroxyl groups excluding tert-OH is 4. The summed E-state index contributed by atoms with van der Waals surface area (Å²) in [7, 11) is 0. The summed E-state index contributed by atoms with van der Waals surface area (Å²) in [5, 5.41) is 41.5. The van der Waals surface area contributed by atoms with Gasteiger partial charge < -0.3 is 35.6 Å². The first-order valence-electron chi connectivity index (χ1n) is 8.72.